The van der Waals surface area contributed by atoms with E-state index >= 15 is 0 Å². The molecule has 1 fully saturated rings. The van der Waals surface area contributed by atoms with Gasteiger partial charge >= 0.3 is 0 Å². The number of nitrogens with zero attached hydrogens (tertiary/aromatic N) is 2. The van der Waals surface area contributed by atoms with Crippen LogP contribution in [0.1, 0.15) is 17.5 Å². The number of aromatic hydroxyl groups is 1. The molecule has 4 heteroatoms. The van der Waals surface area contributed by atoms with Gasteiger partial charge in [-0.05, 0) is 37.6 Å². The Kier molecular flexibility index (Phi) is 3.62. The van der Waals surface area contributed by atoms with Crippen molar-refractivity contribution in [2.24, 2.45) is 0 Å². The van der Waals surface area contributed by atoms with Gasteiger partial charge in [0.05, 0.1) is 6.61 Å². The minimum absolute atomic E-state index is 0.420. The number of piperazine rings is 1. The molecule has 2 aliphatic heterocycles. The summed E-state index contributed by atoms with van der Waals surface area (Å²) < 4.78 is 5.69. The van der Waals surface area contributed by atoms with Gasteiger partial charge in [0.15, 0.2) is 0 Å². The fourth-order valence-electron chi connectivity index (χ4n) is 2.80. The van der Waals surface area contributed by atoms with Crippen molar-refractivity contribution >= 4 is 0 Å². The van der Waals surface area contributed by atoms with Crippen LogP contribution in [0, 0.1) is 0 Å². The monoisotopic (exact) mass is 262 g/mol. The van der Waals surface area contributed by atoms with Crippen LogP contribution in [0.15, 0.2) is 12.1 Å². The summed E-state index contributed by atoms with van der Waals surface area (Å²) in [6.45, 7) is 5.94. The predicted molar refractivity (Wildman–Crippen MR) is 74.7 cm³/mol. The van der Waals surface area contributed by atoms with Crippen LogP contribution in [0.2, 0.25) is 0 Å². The molecular formula is C15H22N2O2. The van der Waals surface area contributed by atoms with E-state index in [2.05, 4.69) is 16.8 Å². The molecule has 0 amide bonds. The molecule has 0 aliphatic carbocycles. The highest BCUT2D eigenvalue weighted by Crippen LogP contribution is 2.32. The van der Waals surface area contributed by atoms with Gasteiger partial charge in [0.25, 0.3) is 0 Å². The lowest BCUT2D eigenvalue weighted by molar-refractivity contribution is 0.147. The average Bonchev–Trinajstić information content (AvgIpc) is 2.42. The summed E-state index contributed by atoms with van der Waals surface area (Å²) in [4.78, 5) is 4.73. The molecule has 0 atom stereocenters. The molecule has 1 saturated heterocycles. The van der Waals surface area contributed by atoms with Crippen LogP contribution in [-0.4, -0.2) is 54.7 Å². The van der Waals surface area contributed by atoms with Crippen molar-refractivity contribution in [3.8, 4) is 11.5 Å². The number of phenolic OH excluding ortho intramolecular Hbond substituents is 1. The fraction of sp³-hybridized carbons (Fsp3) is 0.600. The van der Waals surface area contributed by atoms with Crippen LogP contribution in [0.3, 0.4) is 0 Å². The van der Waals surface area contributed by atoms with E-state index in [1.165, 1.54) is 0 Å². The van der Waals surface area contributed by atoms with E-state index in [0.29, 0.717) is 5.75 Å². The lowest BCUT2D eigenvalue weighted by atomic mass is 10.0. The molecule has 2 heterocycles. The normalized spacial score (nSPS) is 20.9. The highest BCUT2D eigenvalue weighted by Gasteiger charge is 2.18. The maximum atomic E-state index is 10.2. The van der Waals surface area contributed by atoms with E-state index in [1.807, 2.05) is 12.1 Å². The average molecular weight is 262 g/mol. The quantitative estimate of drug-likeness (QED) is 0.875. The van der Waals surface area contributed by atoms with Crippen molar-refractivity contribution < 1.29 is 9.84 Å². The van der Waals surface area contributed by atoms with Gasteiger partial charge in [-0.2, -0.15) is 0 Å². The number of rotatable bonds is 2. The molecule has 0 spiro atoms. The van der Waals surface area contributed by atoms with Crippen molar-refractivity contribution in [2.75, 3.05) is 39.8 Å². The van der Waals surface area contributed by atoms with E-state index in [4.69, 9.17) is 4.74 Å². The fourth-order valence-corrected chi connectivity index (χ4v) is 2.80. The zero-order valence-electron chi connectivity index (χ0n) is 11.6. The third kappa shape index (κ3) is 2.85. The first-order chi connectivity index (χ1) is 9.22. The molecule has 2 aliphatic rings. The van der Waals surface area contributed by atoms with Crippen molar-refractivity contribution in [2.45, 2.75) is 19.4 Å². The Balaban J connectivity index is 1.73. The lowest BCUT2D eigenvalue weighted by Gasteiger charge is -2.32. The molecule has 0 bridgehead atoms. The maximum Gasteiger partial charge on any atom is 0.123 e. The van der Waals surface area contributed by atoms with Gasteiger partial charge in [-0.3, -0.25) is 4.90 Å². The van der Waals surface area contributed by atoms with Crippen molar-refractivity contribution in [1.29, 1.82) is 0 Å². The van der Waals surface area contributed by atoms with Gasteiger partial charge in [0.1, 0.15) is 11.5 Å². The second-order valence-electron chi connectivity index (χ2n) is 5.62. The lowest BCUT2D eigenvalue weighted by Crippen LogP contribution is -2.43. The molecule has 0 radical (unpaired) electrons. The third-order valence-corrected chi connectivity index (χ3v) is 4.10. The molecule has 3 rings (SSSR count). The summed E-state index contributed by atoms with van der Waals surface area (Å²) in [5.41, 5.74) is 2.14. The van der Waals surface area contributed by atoms with Crippen molar-refractivity contribution in [3.05, 3.63) is 23.3 Å². The SMILES string of the molecule is CN1CCN(Cc2cc3c(cc2O)CCCO3)CC1. The minimum Gasteiger partial charge on any atom is -0.508 e. The molecule has 19 heavy (non-hydrogen) atoms. The predicted octanol–water partition coefficient (Wildman–Crippen LogP) is 1.46. The molecule has 4 nitrogen and oxygen atoms in total. The van der Waals surface area contributed by atoms with Gasteiger partial charge in [-0.1, -0.05) is 0 Å². The van der Waals surface area contributed by atoms with Crippen LogP contribution < -0.4 is 4.74 Å². The number of phenols is 1. The van der Waals surface area contributed by atoms with Crippen LogP contribution in [0.5, 0.6) is 11.5 Å². The Morgan fingerprint density at radius 3 is 2.79 bits per heavy atom. The maximum absolute atomic E-state index is 10.2. The number of fused-ring (bicyclic) bond motifs is 1. The molecule has 1 aromatic carbocycles. The topological polar surface area (TPSA) is 35.9 Å². The Morgan fingerprint density at radius 2 is 2.00 bits per heavy atom. The van der Waals surface area contributed by atoms with E-state index < -0.39 is 0 Å². The van der Waals surface area contributed by atoms with Gasteiger partial charge in [0.2, 0.25) is 0 Å². The summed E-state index contributed by atoms with van der Waals surface area (Å²) in [7, 11) is 2.15. The number of hydrogen-bond acceptors (Lipinski definition) is 4. The summed E-state index contributed by atoms with van der Waals surface area (Å²) in [5.74, 6) is 1.39. The van der Waals surface area contributed by atoms with Crippen molar-refractivity contribution in [1.82, 2.24) is 9.80 Å². The Bertz CT molecular complexity index is 454. The van der Waals surface area contributed by atoms with Crippen molar-refractivity contribution in [3.63, 3.8) is 0 Å². The zero-order chi connectivity index (χ0) is 13.2. The van der Waals surface area contributed by atoms with Crippen LogP contribution in [-0.2, 0) is 13.0 Å². The largest absolute Gasteiger partial charge is 0.508 e. The second kappa shape index (κ2) is 5.39. The summed E-state index contributed by atoms with van der Waals surface area (Å²) in [6, 6.07) is 3.92. The molecule has 1 N–H and O–H groups in total. The number of hydrogen-bond donors (Lipinski definition) is 1. The molecule has 104 valence electrons. The van der Waals surface area contributed by atoms with E-state index in [-0.39, 0.29) is 0 Å². The third-order valence-electron chi connectivity index (χ3n) is 4.10. The number of aryl methyl sites for hydroxylation is 1. The smallest absolute Gasteiger partial charge is 0.123 e. The van der Waals surface area contributed by atoms with Gasteiger partial charge < -0.3 is 14.7 Å². The Morgan fingerprint density at radius 1 is 1.21 bits per heavy atom. The highest BCUT2D eigenvalue weighted by molar-refractivity contribution is 5.46. The van der Waals surface area contributed by atoms with Gasteiger partial charge in [-0.25, -0.2) is 0 Å². The molecule has 0 saturated carbocycles. The summed E-state index contributed by atoms with van der Waals surface area (Å²) in [5, 5.41) is 10.2. The molecule has 0 unspecified atom stereocenters. The van der Waals surface area contributed by atoms with E-state index in [9.17, 15) is 5.11 Å². The Hall–Kier alpha value is -1.26. The van der Waals surface area contributed by atoms with E-state index in [1.54, 1.807) is 0 Å². The van der Waals surface area contributed by atoms with Gasteiger partial charge in [-0.15, -0.1) is 0 Å². The number of likely N-dealkylation sites (N-methyl/N-ethyl adjacent to an activating group) is 1. The molecular weight excluding hydrogens is 240 g/mol. The summed E-state index contributed by atoms with van der Waals surface area (Å²) in [6.07, 6.45) is 2.06. The number of benzene rings is 1. The second-order valence-corrected chi connectivity index (χ2v) is 5.62. The first-order valence-corrected chi connectivity index (χ1v) is 7.11. The number of ether oxygens (including phenoxy) is 1. The minimum atomic E-state index is 0.420. The van der Waals surface area contributed by atoms with E-state index in [0.717, 1.165) is 69.0 Å². The van der Waals surface area contributed by atoms with Crippen LogP contribution in [0.4, 0.5) is 0 Å². The highest BCUT2D eigenvalue weighted by atomic mass is 16.5. The first kappa shape index (κ1) is 12.8. The molecule has 0 aromatic heterocycles. The van der Waals surface area contributed by atoms with Crippen LogP contribution in [0.25, 0.3) is 0 Å². The zero-order valence-corrected chi connectivity index (χ0v) is 11.6. The standard InChI is InChI=1S/C15H22N2O2/c1-16-4-6-17(7-5-16)11-13-10-15-12(9-14(13)18)3-2-8-19-15/h9-10,18H,2-8,11H2,1H3. The Labute approximate surface area is 114 Å². The van der Waals surface area contributed by atoms with Gasteiger partial charge in [0, 0.05) is 38.3 Å². The summed E-state index contributed by atoms with van der Waals surface area (Å²) >= 11 is 0. The van der Waals surface area contributed by atoms with Crippen LogP contribution >= 0.6 is 0 Å². The first-order valence-electron chi connectivity index (χ1n) is 7.11. The molecule has 1 aromatic rings.